The summed E-state index contributed by atoms with van der Waals surface area (Å²) in [7, 11) is 0. The molecule has 0 atom stereocenters. The second-order valence-corrected chi connectivity index (χ2v) is 5.21. The Hall–Kier alpha value is -1.72. The first-order valence-corrected chi connectivity index (χ1v) is 7.38. The first-order chi connectivity index (χ1) is 9.43. The molecule has 0 spiro atoms. The molecular formula is C14H16N4S. The Kier molecular flexibility index (Phi) is 3.86. The molecule has 2 aromatic heterocycles. The van der Waals surface area contributed by atoms with Crippen molar-refractivity contribution in [3.63, 3.8) is 0 Å². The predicted molar refractivity (Wildman–Crippen MR) is 78.4 cm³/mol. The Morgan fingerprint density at radius 2 is 2.11 bits per heavy atom. The van der Waals surface area contributed by atoms with Gasteiger partial charge in [0.2, 0.25) is 0 Å². The molecule has 0 saturated carbocycles. The van der Waals surface area contributed by atoms with Crippen LogP contribution in [-0.2, 0) is 13.0 Å². The lowest BCUT2D eigenvalue weighted by molar-refractivity contribution is 0.554. The Morgan fingerprint density at radius 3 is 3.00 bits per heavy atom. The summed E-state index contributed by atoms with van der Waals surface area (Å²) in [5.74, 6) is 0. The highest BCUT2D eigenvalue weighted by Crippen LogP contribution is 2.09. The Morgan fingerprint density at radius 1 is 1.16 bits per heavy atom. The molecule has 98 valence electrons. The fourth-order valence-electron chi connectivity index (χ4n) is 2.06. The molecule has 0 aliphatic heterocycles. The minimum atomic E-state index is 0.851. The lowest BCUT2D eigenvalue weighted by Crippen LogP contribution is -2.22. The van der Waals surface area contributed by atoms with Gasteiger partial charge in [-0.3, -0.25) is 0 Å². The first-order valence-electron chi connectivity index (χ1n) is 6.43. The van der Waals surface area contributed by atoms with Crippen LogP contribution in [0.3, 0.4) is 0 Å². The second kappa shape index (κ2) is 5.95. The van der Waals surface area contributed by atoms with E-state index in [2.05, 4.69) is 38.5 Å². The summed E-state index contributed by atoms with van der Waals surface area (Å²) in [6.07, 6.45) is 1.08. The maximum absolute atomic E-state index is 4.17. The molecule has 0 saturated heterocycles. The van der Waals surface area contributed by atoms with E-state index in [4.69, 9.17) is 0 Å². The Balaban J connectivity index is 1.47. The second-order valence-electron chi connectivity index (χ2n) is 4.43. The van der Waals surface area contributed by atoms with Crippen LogP contribution in [0.5, 0.6) is 0 Å². The van der Waals surface area contributed by atoms with Crippen LogP contribution in [0.15, 0.2) is 41.1 Å². The van der Waals surface area contributed by atoms with Crippen LogP contribution in [-0.4, -0.2) is 28.1 Å². The van der Waals surface area contributed by atoms with Crippen molar-refractivity contribution in [1.82, 2.24) is 20.3 Å². The normalized spacial score (nSPS) is 11.2. The zero-order valence-corrected chi connectivity index (χ0v) is 11.4. The van der Waals surface area contributed by atoms with Crippen LogP contribution in [0.4, 0.5) is 0 Å². The quantitative estimate of drug-likeness (QED) is 0.700. The summed E-state index contributed by atoms with van der Waals surface area (Å²) in [5.41, 5.74) is 3.46. The van der Waals surface area contributed by atoms with Crippen molar-refractivity contribution in [3.05, 3.63) is 46.7 Å². The number of thiophene rings is 1. The third-order valence-corrected chi connectivity index (χ3v) is 3.82. The van der Waals surface area contributed by atoms with Crippen molar-refractivity contribution in [2.45, 2.75) is 13.0 Å². The highest BCUT2D eigenvalue weighted by Gasteiger charge is 2.02. The van der Waals surface area contributed by atoms with E-state index in [9.17, 15) is 0 Å². The number of nitrogens with zero attached hydrogens (tertiary/aromatic N) is 3. The summed E-state index contributed by atoms with van der Waals surface area (Å²) >= 11 is 1.75. The van der Waals surface area contributed by atoms with Crippen LogP contribution in [0, 0.1) is 0 Å². The van der Waals surface area contributed by atoms with E-state index >= 15 is 0 Å². The number of rotatable bonds is 6. The van der Waals surface area contributed by atoms with Crippen molar-refractivity contribution in [2.24, 2.45) is 0 Å². The molecule has 0 radical (unpaired) electrons. The molecule has 19 heavy (non-hydrogen) atoms. The summed E-state index contributed by atoms with van der Waals surface area (Å²) in [5, 5.41) is 16.1. The largest absolute Gasteiger partial charge is 0.315 e. The van der Waals surface area contributed by atoms with Gasteiger partial charge in [0.1, 0.15) is 5.52 Å². The van der Waals surface area contributed by atoms with E-state index in [0.717, 1.165) is 37.1 Å². The monoisotopic (exact) mass is 272 g/mol. The maximum Gasteiger partial charge on any atom is 0.113 e. The molecule has 0 bridgehead atoms. The number of hydrogen-bond acceptors (Lipinski definition) is 4. The van der Waals surface area contributed by atoms with E-state index in [1.807, 2.05) is 22.9 Å². The number of nitrogens with one attached hydrogen (secondary N) is 1. The average molecular weight is 272 g/mol. The molecule has 5 heteroatoms. The van der Waals surface area contributed by atoms with Gasteiger partial charge >= 0.3 is 0 Å². The highest BCUT2D eigenvalue weighted by atomic mass is 32.1. The molecule has 0 unspecified atom stereocenters. The molecule has 3 aromatic rings. The van der Waals surface area contributed by atoms with E-state index < -0.39 is 0 Å². The number of benzene rings is 1. The van der Waals surface area contributed by atoms with E-state index in [0.29, 0.717) is 0 Å². The van der Waals surface area contributed by atoms with E-state index in [-0.39, 0.29) is 0 Å². The van der Waals surface area contributed by atoms with Crippen molar-refractivity contribution < 1.29 is 0 Å². The van der Waals surface area contributed by atoms with Crippen LogP contribution >= 0.6 is 11.3 Å². The van der Waals surface area contributed by atoms with E-state index in [1.165, 1.54) is 5.56 Å². The van der Waals surface area contributed by atoms with Crippen LogP contribution in [0.2, 0.25) is 0 Å². The summed E-state index contributed by atoms with van der Waals surface area (Å²) in [6.45, 7) is 2.77. The number of para-hydroxylation sites is 1. The predicted octanol–water partition coefficient (Wildman–Crippen LogP) is 2.33. The average Bonchev–Trinajstić information content (AvgIpc) is 3.08. The maximum atomic E-state index is 4.17. The summed E-state index contributed by atoms with van der Waals surface area (Å²) in [6, 6.07) is 10.2. The van der Waals surface area contributed by atoms with Gasteiger partial charge in [-0.15, -0.1) is 5.10 Å². The van der Waals surface area contributed by atoms with Crippen LogP contribution in [0.25, 0.3) is 11.0 Å². The standard InChI is InChI=1S/C14H16N4S/c1-2-4-14-13(3-1)16-17-18(14)9-8-15-7-5-12-6-10-19-11-12/h1-4,6,10-11,15H,5,7-9H2. The fraction of sp³-hybridized carbons (Fsp3) is 0.286. The number of hydrogen-bond donors (Lipinski definition) is 1. The minimum absolute atomic E-state index is 0.851. The molecular weight excluding hydrogens is 256 g/mol. The van der Waals surface area contributed by atoms with Crippen LogP contribution in [0.1, 0.15) is 5.56 Å². The van der Waals surface area contributed by atoms with Crippen LogP contribution < -0.4 is 5.32 Å². The highest BCUT2D eigenvalue weighted by molar-refractivity contribution is 7.07. The van der Waals surface area contributed by atoms with Crippen molar-refractivity contribution in [3.8, 4) is 0 Å². The topological polar surface area (TPSA) is 42.7 Å². The number of fused-ring (bicyclic) bond motifs is 1. The molecule has 0 fully saturated rings. The summed E-state index contributed by atoms with van der Waals surface area (Å²) in [4.78, 5) is 0. The molecule has 0 aliphatic rings. The van der Waals surface area contributed by atoms with Gasteiger partial charge in [0.25, 0.3) is 0 Å². The molecule has 1 aromatic carbocycles. The van der Waals surface area contributed by atoms with Gasteiger partial charge in [0.15, 0.2) is 0 Å². The molecule has 3 rings (SSSR count). The minimum Gasteiger partial charge on any atom is -0.315 e. The third-order valence-electron chi connectivity index (χ3n) is 3.09. The van der Waals surface area contributed by atoms with Crippen molar-refractivity contribution in [1.29, 1.82) is 0 Å². The lowest BCUT2D eigenvalue weighted by atomic mass is 10.2. The lowest BCUT2D eigenvalue weighted by Gasteiger charge is -2.04. The molecule has 1 N–H and O–H groups in total. The molecule has 4 nitrogen and oxygen atoms in total. The van der Waals surface area contributed by atoms with Gasteiger partial charge < -0.3 is 5.32 Å². The van der Waals surface area contributed by atoms with Gasteiger partial charge in [-0.25, -0.2) is 4.68 Å². The smallest absolute Gasteiger partial charge is 0.113 e. The van der Waals surface area contributed by atoms with Gasteiger partial charge in [-0.2, -0.15) is 11.3 Å². The van der Waals surface area contributed by atoms with Gasteiger partial charge in [-0.05, 0) is 47.5 Å². The number of aromatic nitrogens is 3. The summed E-state index contributed by atoms with van der Waals surface area (Å²) < 4.78 is 1.95. The fourth-order valence-corrected chi connectivity index (χ4v) is 2.76. The van der Waals surface area contributed by atoms with Crippen molar-refractivity contribution in [2.75, 3.05) is 13.1 Å². The zero-order chi connectivity index (χ0) is 12.9. The van der Waals surface area contributed by atoms with Gasteiger partial charge in [0, 0.05) is 6.54 Å². The van der Waals surface area contributed by atoms with Gasteiger partial charge in [0.05, 0.1) is 12.1 Å². The SMILES string of the molecule is c1ccc2c(c1)nnn2CCNCCc1ccsc1. The first kappa shape index (κ1) is 12.3. The molecule has 0 aliphatic carbocycles. The third kappa shape index (κ3) is 3.00. The molecule has 0 amide bonds. The Labute approximate surface area is 116 Å². The zero-order valence-electron chi connectivity index (χ0n) is 10.6. The Bertz CT molecular complexity index is 630. The molecule has 2 heterocycles. The van der Waals surface area contributed by atoms with Gasteiger partial charge in [-0.1, -0.05) is 17.3 Å². The van der Waals surface area contributed by atoms with Crippen molar-refractivity contribution >= 4 is 22.4 Å². The van der Waals surface area contributed by atoms with E-state index in [1.54, 1.807) is 11.3 Å².